The molecule has 3 aliphatic heterocycles. The van der Waals surface area contributed by atoms with Crippen molar-refractivity contribution in [3.8, 4) is 0 Å². The first-order valence-corrected chi connectivity index (χ1v) is 16.1. The van der Waals surface area contributed by atoms with E-state index < -0.39 is 48.7 Å². The molecule has 0 amide bonds. The molecule has 1 spiro atoms. The quantitative estimate of drug-likeness (QED) is 0.320. The second-order valence-electron chi connectivity index (χ2n) is 15.2. The van der Waals surface area contributed by atoms with Gasteiger partial charge in [-0.3, -0.25) is 0 Å². The zero-order valence-electron chi connectivity index (χ0n) is 24.8. The molecule has 7 rings (SSSR count). The van der Waals surface area contributed by atoms with Crippen LogP contribution in [-0.4, -0.2) is 93.0 Å². The maximum atomic E-state index is 12.3. The summed E-state index contributed by atoms with van der Waals surface area (Å²) in [6.07, 6.45) is 4.87. The Balaban J connectivity index is 1.06. The van der Waals surface area contributed by atoms with Crippen LogP contribution >= 0.6 is 0 Å². The molecule has 0 radical (unpaired) electrons. The maximum absolute atomic E-state index is 12.3. The van der Waals surface area contributed by atoms with E-state index in [1.165, 1.54) is 5.57 Å². The molecule has 0 aromatic heterocycles. The molecule has 6 fully saturated rings. The lowest BCUT2D eigenvalue weighted by atomic mass is 9.46. The van der Waals surface area contributed by atoms with Crippen LogP contribution in [0.4, 0.5) is 0 Å². The van der Waals surface area contributed by atoms with Gasteiger partial charge in [0.05, 0.1) is 25.4 Å². The van der Waals surface area contributed by atoms with Crippen LogP contribution in [0.15, 0.2) is 11.6 Å². The third kappa shape index (κ3) is 4.21. The molecule has 15 atom stereocenters. The fourth-order valence-electron chi connectivity index (χ4n) is 10.5. The zero-order chi connectivity index (χ0) is 28.9. The molecule has 9 heteroatoms. The highest BCUT2D eigenvalue weighted by atomic mass is 16.7. The third-order valence-electron chi connectivity index (χ3n) is 13.2. The molecule has 4 aliphatic carbocycles. The molecule has 15 unspecified atom stereocenters. The Morgan fingerprint density at radius 3 is 2.54 bits per heavy atom. The largest absolute Gasteiger partial charge is 0.394 e. The van der Waals surface area contributed by atoms with Gasteiger partial charge in [0.15, 0.2) is 12.1 Å². The molecule has 0 bridgehead atoms. The summed E-state index contributed by atoms with van der Waals surface area (Å²) in [5.41, 5.74) is 0.440. The number of fused-ring (bicyclic) bond motifs is 7. The number of hydrogen-bond acceptors (Lipinski definition) is 9. The first-order valence-electron chi connectivity index (χ1n) is 16.1. The Morgan fingerprint density at radius 2 is 1.80 bits per heavy atom. The fourth-order valence-corrected chi connectivity index (χ4v) is 10.5. The van der Waals surface area contributed by atoms with Gasteiger partial charge in [0, 0.05) is 18.3 Å². The monoisotopic (exact) mass is 578 g/mol. The van der Waals surface area contributed by atoms with Gasteiger partial charge in [-0.1, -0.05) is 32.4 Å². The van der Waals surface area contributed by atoms with Crippen LogP contribution in [0, 0.1) is 34.5 Å². The molecule has 5 N–H and O–H groups in total. The minimum absolute atomic E-state index is 0.0600. The number of rotatable bonds is 3. The van der Waals surface area contributed by atoms with E-state index in [4.69, 9.17) is 18.9 Å². The number of aliphatic hydroxyl groups is 5. The predicted octanol–water partition coefficient (Wildman–Crippen LogP) is 2.41. The van der Waals surface area contributed by atoms with Crippen LogP contribution in [0.1, 0.15) is 85.0 Å². The molecule has 232 valence electrons. The van der Waals surface area contributed by atoms with Gasteiger partial charge in [-0.25, -0.2) is 0 Å². The maximum Gasteiger partial charge on any atom is 0.186 e. The first-order chi connectivity index (χ1) is 19.4. The molecule has 3 saturated heterocycles. The van der Waals surface area contributed by atoms with Crippen LogP contribution in [0.3, 0.4) is 0 Å². The van der Waals surface area contributed by atoms with Gasteiger partial charge in [-0.2, -0.15) is 0 Å². The minimum Gasteiger partial charge on any atom is -0.394 e. The van der Waals surface area contributed by atoms with Gasteiger partial charge < -0.3 is 44.5 Å². The van der Waals surface area contributed by atoms with Crippen LogP contribution in [0.25, 0.3) is 0 Å². The second-order valence-corrected chi connectivity index (χ2v) is 15.2. The summed E-state index contributed by atoms with van der Waals surface area (Å²) in [7, 11) is 0. The van der Waals surface area contributed by atoms with Crippen LogP contribution in [0.2, 0.25) is 0 Å². The Bertz CT molecular complexity index is 1040. The molecule has 3 saturated carbocycles. The molecular formula is C32H50O9. The highest BCUT2D eigenvalue weighted by molar-refractivity contribution is 5.28. The standard InChI is InChI=1S/C32H50O9/c1-17-6-11-31(38-15-17)16-32(37)24(41-31)13-22-20-5-4-18-12-19(7-9-29(18,2)21(20)8-10-30(22,32)3)39-28-27(36)26(35)25(34)23(14-33)40-28/h4,17,19-28,33-37H,5-16H2,1-3H3. The fraction of sp³-hybridized carbons (Fsp3) is 0.938. The molecule has 7 aliphatic rings. The van der Waals surface area contributed by atoms with Crippen molar-refractivity contribution >= 4 is 0 Å². The van der Waals surface area contributed by atoms with E-state index in [-0.39, 0.29) is 23.0 Å². The molecule has 41 heavy (non-hydrogen) atoms. The van der Waals surface area contributed by atoms with Crippen molar-refractivity contribution in [1.29, 1.82) is 0 Å². The van der Waals surface area contributed by atoms with Gasteiger partial charge in [-0.05, 0) is 80.5 Å². The lowest BCUT2D eigenvalue weighted by Gasteiger charge is -2.59. The van der Waals surface area contributed by atoms with Crippen molar-refractivity contribution in [1.82, 2.24) is 0 Å². The summed E-state index contributed by atoms with van der Waals surface area (Å²) in [5, 5.41) is 52.7. The van der Waals surface area contributed by atoms with Gasteiger partial charge >= 0.3 is 0 Å². The molecule has 0 aromatic carbocycles. The second kappa shape index (κ2) is 9.94. The summed E-state index contributed by atoms with van der Waals surface area (Å²) in [4.78, 5) is 0. The predicted molar refractivity (Wildman–Crippen MR) is 147 cm³/mol. The van der Waals surface area contributed by atoms with E-state index in [0.29, 0.717) is 36.7 Å². The van der Waals surface area contributed by atoms with Gasteiger partial charge in [0.25, 0.3) is 0 Å². The van der Waals surface area contributed by atoms with Crippen molar-refractivity contribution in [2.24, 2.45) is 34.5 Å². The lowest BCUT2D eigenvalue weighted by Crippen LogP contribution is -2.60. The van der Waals surface area contributed by atoms with Crippen LogP contribution in [-0.2, 0) is 18.9 Å². The number of ether oxygens (including phenoxy) is 4. The van der Waals surface area contributed by atoms with Crippen molar-refractivity contribution < 1.29 is 44.5 Å². The molecule has 3 heterocycles. The summed E-state index contributed by atoms with van der Waals surface area (Å²) in [5.74, 6) is 1.39. The Labute approximate surface area is 243 Å². The van der Waals surface area contributed by atoms with Gasteiger partial charge in [-0.15, -0.1) is 0 Å². The van der Waals surface area contributed by atoms with Crippen LogP contribution < -0.4 is 0 Å². The van der Waals surface area contributed by atoms with E-state index >= 15 is 0 Å². The average Bonchev–Trinajstić information content (AvgIpc) is 3.35. The van der Waals surface area contributed by atoms with E-state index in [9.17, 15) is 25.5 Å². The average molecular weight is 579 g/mol. The zero-order valence-corrected chi connectivity index (χ0v) is 24.8. The highest BCUT2D eigenvalue weighted by Crippen LogP contribution is 2.70. The summed E-state index contributed by atoms with van der Waals surface area (Å²) in [6, 6.07) is 0. The van der Waals surface area contributed by atoms with Crippen molar-refractivity contribution in [2.75, 3.05) is 13.2 Å². The van der Waals surface area contributed by atoms with Crippen molar-refractivity contribution in [3.63, 3.8) is 0 Å². The third-order valence-corrected chi connectivity index (χ3v) is 13.2. The lowest BCUT2D eigenvalue weighted by molar-refractivity contribution is -0.313. The van der Waals surface area contributed by atoms with E-state index in [2.05, 4.69) is 26.8 Å². The summed E-state index contributed by atoms with van der Waals surface area (Å²) >= 11 is 0. The van der Waals surface area contributed by atoms with Gasteiger partial charge in [0.1, 0.15) is 30.0 Å². The number of allylic oxidation sites excluding steroid dienone is 1. The SMILES string of the molecule is CC1CCC2(CC3(O)C(CC4C5CC=C6CC(OC7OC(CO)C(O)C(O)C7O)CCC6(C)C5CCC43C)O2)OC1. The minimum atomic E-state index is -1.43. The highest BCUT2D eigenvalue weighted by Gasteiger charge is 2.73. The van der Waals surface area contributed by atoms with Crippen molar-refractivity contribution in [2.45, 2.75) is 139 Å². The molecule has 0 aromatic rings. The Morgan fingerprint density at radius 1 is 1.00 bits per heavy atom. The van der Waals surface area contributed by atoms with E-state index in [1.54, 1.807) is 0 Å². The van der Waals surface area contributed by atoms with E-state index in [1.807, 2.05) is 0 Å². The van der Waals surface area contributed by atoms with E-state index in [0.717, 1.165) is 57.8 Å². The number of hydrogen-bond donors (Lipinski definition) is 5. The first kappa shape index (κ1) is 29.1. The normalized spacial score (nSPS) is 58.3. The number of aliphatic hydroxyl groups excluding tert-OH is 4. The topological polar surface area (TPSA) is 138 Å². The molecule has 9 nitrogen and oxygen atoms in total. The summed E-state index contributed by atoms with van der Waals surface area (Å²) in [6.45, 7) is 7.21. The van der Waals surface area contributed by atoms with Crippen LogP contribution in [0.5, 0.6) is 0 Å². The Hall–Kier alpha value is -0.620. The smallest absolute Gasteiger partial charge is 0.186 e. The Kier molecular flexibility index (Phi) is 7.06. The van der Waals surface area contributed by atoms with Crippen molar-refractivity contribution in [3.05, 3.63) is 11.6 Å². The summed E-state index contributed by atoms with van der Waals surface area (Å²) < 4.78 is 24.8. The van der Waals surface area contributed by atoms with Gasteiger partial charge in [0.2, 0.25) is 0 Å². The molecular weight excluding hydrogens is 528 g/mol.